The number of hydrogen-bond donors (Lipinski definition) is 3. The first kappa shape index (κ1) is 28.9. The van der Waals surface area contributed by atoms with Crippen LogP contribution in [0.25, 0.3) is 0 Å². The molecule has 0 aromatic carbocycles. The lowest BCUT2D eigenvalue weighted by Gasteiger charge is -2.34. The van der Waals surface area contributed by atoms with Gasteiger partial charge in [0.2, 0.25) is 0 Å². The summed E-state index contributed by atoms with van der Waals surface area (Å²) in [5.41, 5.74) is 5.72. The highest BCUT2D eigenvalue weighted by Crippen LogP contribution is 2.27. The van der Waals surface area contributed by atoms with Crippen molar-refractivity contribution < 1.29 is 19.1 Å². The number of carbonyl (C=O) groups excluding carboxylic acids is 3. The van der Waals surface area contributed by atoms with Gasteiger partial charge in [0.05, 0.1) is 24.1 Å². The number of nitrogens with two attached hydrogens (primary N) is 1. The number of hydrogen-bond acceptors (Lipinski definition) is 9. The van der Waals surface area contributed by atoms with Gasteiger partial charge in [-0.25, -0.2) is 19.6 Å². The molecule has 14 heteroatoms. The third-order valence-electron chi connectivity index (χ3n) is 6.83. The number of piperidine rings is 2. The van der Waals surface area contributed by atoms with E-state index in [-0.39, 0.29) is 35.7 Å². The summed E-state index contributed by atoms with van der Waals surface area (Å²) in [6, 6.07) is -0.0561. The molecule has 0 saturated carbocycles. The number of rotatable bonds is 6. The van der Waals surface area contributed by atoms with Gasteiger partial charge in [0, 0.05) is 52.5 Å². The summed E-state index contributed by atoms with van der Waals surface area (Å²) in [5, 5.41) is 10.7. The zero-order valence-corrected chi connectivity index (χ0v) is 23.9. The lowest BCUT2D eigenvalue weighted by molar-refractivity contribution is 0.0184. The summed E-state index contributed by atoms with van der Waals surface area (Å²) >= 11 is 0. The van der Waals surface area contributed by atoms with Gasteiger partial charge in [0.1, 0.15) is 11.4 Å². The van der Waals surface area contributed by atoms with Gasteiger partial charge >= 0.3 is 12.1 Å². The van der Waals surface area contributed by atoms with Gasteiger partial charge in [-0.05, 0) is 46.5 Å². The zero-order chi connectivity index (χ0) is 29.0. The molecule has 14 nitrogen and oxygen atoms in total. The maximum absolute atomic E-state index is 12.4. The van der Waals surface area contributed by atoms with Crippen LogP contribution in [0.1, 0.15) is 63.0 Å². The zero-order valence-electron chi connectivity index (χ0n) is 23.9. The molecular weight excluding hydrogens is 516 g/mol. The third kappa shape index (κ3) is 7.30. The Bertz CT molecular complexity index is 1220. The van der Waals surface area contributed by atoms with Crippen molar-refractivity contribution in [2.45, 2.75) is 64.1 Å². The topological polar surface area (TPSA) is 164 Å². The van der Waals surface area contributed by atoms with E-state index in [9.17, 15) is 14.4 Å². The summed E-state index contributed by atoms with van der Waals surface area (Å²) in [5.74, 6) is 0.125. The average molecular weight is 557 g/mol. The van der Waals surface area contributed by atoms with Gasteiger partial charge in [-0.1, -0.05) is 0 Å². The lowest BCUT2D eigenvalue weighted by Crippen LogP contribution is -2.50. The van der Waals surface area contributed by atoms with E-state index >= 15 is 0 Å². The van der Waals surface area contributed by atoms with Crippen LogP contribution in [0.3, 0.4) is 0 Å². The molecule has 2 aromatic heterocycles. The van der Waals surface area contributed by atoms with E-state index in [4.69, 9.17) is 10.5 Å². The number of anilines is 3. The molecule has 4 rings (SSSR count). The molecule has 2 fully saturated rings. The number of urea groups is 1. The van der Waals surface area contributed by atoms with Crippen molar-refractivity contribution in [1.82, 2.24) is 34.9 Å². The predicted molar refractivity (Wildman–Crippen MR) is 150 cm³/mol. The van der Waals surface area contributed by atoms with Crippen molar-refractivity contribution in [2.24, 2.45) is 5.73 Å². The first-order chi connectivity index (χ1) is 18.9. The second kappa shape index (κ2) is 12.0. The van der Waals surface area contributed by atoms with E-state index in [1.165, 1.54) is 11.1 Å². The van der Waals surface area contributed by atoms with Crippen LogP contribution in [0.15, 0.2) is 18.6 Å². The van der Waals surface area contributed by atoms with Crippen LogP contribution in [0.5, 0.6) is 0 Å². The Balaban J connectivity index is 1.42. The van der Waals surface area contributed by atoms with E-state index in [1.807, 2.05) is 36.5 Å². The SMILES string of the molecule is CN(C)C(=O)NC1CCCN(c2cnc(C(N)=O)c(Nc3cnn(C4CCN(C(=O)OC(C)(C)C)CC4)c3)n2)C1. The van der Waals surface area contributed by atoms with E-state index in [2.05, 4.69) is 25.7 Å². The van der Waals surface area contributed by atoms with Crippen LogP contribution in [0.4, 0.5) is 26.9 Å². The molecule has 2 aliphatic heterocycles. The summed E-state index contributed by atoms with van der Waals surface area (Å²) < 4.78 is 7.34. The van der Waals surface area contributed by atoms with Crippen LogP contribution < -0.4 is 21.3 Å². The number of primary amides is 1. The molecule has 4 amide bonds. The van der Waals surface area contributed by atoms with Gasteiger partial charge in [-0.2, -0.15) is 5.10 Å². The molecule has 40 heavy (non-hydrogen) atoms. The van der Waals surface area contributed by atoms with Crippen molar-refractivity contribution in [2.75, 3.05) is 50.5 Å². The molecule has 4 N–H and O–H groups in total. The molecule has 2 saturated heterocycles. The molecule has 2 aliphatic rings. The summed E-state index contributed by atoms with van der Waals surface area (Å²) in [4.78, 5) is 50.9. The normalized spacial score (nSPS) is 18.3. The van der Waals surface area contributed by atoms with Crippen LogP contribution >= 0.6 is 0 Å². The maximum atomic E-state index is 12.4. The van der Waals surface area contributed by atoms with Gasteiger partial charge in [-0.3, -0.25) is 9.48 Å². The number of nitrogens with one attached hydrogen (secondary N) is 2. The Kier molecular flexibility index (Phi) is 8.64. The Morgan fingerprint density at radius 1 is 1.10 bits per heavy atom. The lowest BCUT2D eigenvalue weighted by atomic mass is 10.1. The minimum absolute atomic E-state index is 0.0247. The Hall–Kier alpha value is -4.10. The second-order valence-electron chi connectivity index (χ2n) is 11.5. The fourth-order valence-corrected chi connectivity index (χ4v) is 4.78. The number of ether oxygens (including phenoxy) is 1. The Labute approximate surface area is 234 Å². The van der Waals surface area contributed by atoms with Crippen molar-refractivity contribution >= 4 is 35.4 Å². The van der Waals surface area contributed by atoms with E-state index in [1.54, 1.807) is 25.2 Å². The molecule has 0 radical (unpaired) electrons. The Morgan fingerprint density at radius 3 is 2.48 bits per heavy atom. The average Bonchev–Trinajstić information content (AvgIpc) is 3.36. The van der Waals surface area contributed by atoms with E-state index in [0.29, 0.717) is 31.1 Å². The summed E-state index contributed by atoms with van der Waals surface area (Å²) in [6.07, 6.45) is 7.96. The smallest absolute Gasteiger partial charge is 0.410 e. The summed E-state index contributed by atoms with van der Waals surface area (Å²) in [6.45, 7) is 8.04. The summed E-state index contributed by atoms with van der Waals surface area (Å²) in [7, 11) is 3.41. The highest BCUT2D eigenvalue weighted by atomic mass is 16.6. The minimum atomic E-state index is -0.696. The van der Waals surface area contributed by atoms with Crippen molar-refractivity contribution in [3.05, 3.63) is 24.3 Å². The van der Waals surface area contributed by atoms with E-state index in [0.717, 1.165) is 32.2 Å². The van der Waals surface area contributed by atoms with Crippen LogP contribution in [-0.4, -0.2) is 99.5 Å². The molecule has 4 heterocycles. The highest BCUT2D eigenvalue weighted by molar-refractivity contribution is 5.96. The Morgan fingerprint density at radius 2 is 1.82 bits per heavy atom. The molecule has 1 atom stereocenters. The highest BCUT2D eigenvalue weighted by Gasteiger charge is 2.28. The third-order valence-corrected chi connectivity index (χ3v) is 6.83. The molecule has 0 spiro atoms. The second-order valence-corrected chi connectivity index (χ2v) is 11.5. The molecule has 0 bridgehead atoms. The molecule has 2 aromatic rings. The van der Waals surface area contributed by atoms with Crippen LogP contribution in [0, 0.1) is 0 Å². The van der Waals surface area contributed by atoms with Crippen molar-refractivity contribution in [3.8, 4) is 0 Å². The maximum Gasteiger partial charge on any atom is 0.410 e. The number of carbonyl (C=O) groups is 3. The van der Waals surface area contributed by atoms with E-state index < -0.39 is 11.5 Å². The number of amides is 4. The fourth-order valence-electron chi connectivity index (χ4n) is 4.78. The van der Waals surface area contributed by atoms with Gasteiger partial charge in [0.25, 0.3) is 5.91 Å². The number of likely N-dealkylation sites (tertiary alicyclic amines) is 1. The molecule has 218 valence electrons. The van der Waals surface area contributed by atoms with Gasteiger partial charge < -0.3 is 35.8 Å². The largest absolute Gasteiger partial charge is 0.444 e. The van der Waals surface area contributed by atoms with Crippen molar-refractivity contribution in [3.63, 3.8) is 0 Å². The minimum Gasteiger partial charge on any atom is -0.444 e. The van der Waals surface area contributed by atoms with Crippen LogP contribution in [-0.2, 0) is 4.74 Å². The first-order valence-corrected chi connectivity index (χ1v) is 13.6. The quantitative estimate of drug-likeness (QED) is 0.484. The predicted octanol–water partition coefficient (Wildman–Crippen LogP) is 2.33. The van der Waals surface area contributed by atoms with Gasteiger partial charge in [0.15, 0.2) is 11.5 Å². The van der Waals surface area contributed by atoms with Gasteiger partial charge in [-0.15, -0.1) is 0 Å². The molecular formula is C26H40N10O4. The standard InChI is InChI=1S/C26H40N10O4/c1-26(2,3)40-25(39)34-11-8-19(9-12-34)36-16-18(13-29-36)30-23-21(22(27)37)28-14-20(32-23)35-10-6-7-17(15-35)31-24(38)33(4)5/h13-14,16-17,19H,6-12,15H2,1-5H3,(H2,27,37)(H,30,32)(H,31,38). The monoisotopic (exact) mass is 556 g/mol. The fraction of sp³-hybridized carbons (Fsp3) is 0.615. The number of nitrogens with zero attached hydrogens (tertiary/aromatic N) is 7. The van der Waals surface area contributed by atoms with Crippen LogP contribution in [0.2, 0.25) is 0 Å². The number of aromatic nitrogens is 4. The molecule has 1 unspecified atom stereocenters. The first-order valence-electron chi connectivity index (χ1n) is 13.6. The molecule has 0 aliphatic carbocycles. The van der Waals surface area contributed by atoms with Crippen molar-refractivity contribution in [1.29, 1.82) is 0 Å².